The molecule has 7 heteroatoms. The molecule has 0 unspecified atom stereocenters. The maximum Gasteiger partial charge on any atom is 0.319 e. The van der Waals surface area contributed by atoms with Crippen LogP contribution in [-0.2, 0) is 16.8 Å². The van der Waals surface area contributed by atoms with Crippen LogP contribution in [0, 0.1) is 0 Å². The maximum atomic E-state index is 13.2. The van der Waals surface area contributed by atoms with Crippen molar-refractivity contribution in [1.29, 1.82) is 0 Å². The molecule has 1 fully saturated rings. The maximum absolute atomic E-state index is 13.2. The number of hydrogen-bond acceptors (Lipinski definition) is 2. The molecule has 0 saturated heterocycles. The van der Waals surface area contributed by atoms with Crippen LogP contribution in [0.25, 0.3) is 0 Å². The Hall–Kier alpha value is -1.95. The van der Waals surface area contributed by atoms with E-state index in [-0.39, 0.29) is 18.3 Å². The fraction of sp³-hybridized carbons (Fsp3) is 0.444. The first kappa shape index (κ1) is 17.9. The van der Waals surface area contributed by atoms with E-state index in [0.29, 0.717) is 5.02 Å². The van der Waals surface area contributed by atoms with Crippen molar-refractivity contribution in [3.63, 3.8) is 0 Å². The first-order valence-corrected chi connectivity index (χ1v) is 8.63. The molecule has 1 amide bonds. The van der Waals surface area contributed by atoms with E-state index in [0.717, 1.165) is 35.8 Å². The highest BCUT2D eigenvalue weighted by Gasteiger charge is 2.44. The summed E-state index contributed by atoms with van der Waals surface area (Å²) >= 11 is 5.97. The molecule has 1 heterocycles. The average Bonchev–Trinajstić information content (AvgIpc) is 3.24. The molecule has 1 aliphatic carbocycles. The second kappa shape index (κ2) is 7.12. The first-order valence-electron chi connectivity index (χ1n) is 8.25. The number of amides is 1. The second-order valence-corrected chi connectivity index (χ2v) is 6.92. The third kappa shape index (κ3) is 3.40. The van der Waals surface area contributed by atoms with E-state index >= 15 is 0 Å². The number of alkyl halides is 2. The molecule has 1 aliphatic rings. The Kier molecular flexibility index (Phi) is 5.08. The van der Waals surface area contributed by atoms with Crippen molar-refractivity contribution in [2.24, 2.45) is 0 Å². The van der Waals surface area contributed by atoms with Gasteiger partial charge in [0, 0.05) is 24.5 Å². The van der Waals surface area contributed by atoms with E-state index in [1.54, 1.807) is 19.2 Å². The lowest BCUT2D eigenvalue weighted by Gasteiger charge is -2.33. The monoisotopic (exact) mass is 367 g/mol. The number of imidazole rings is 1. The molecule has 134 valence electrons. The van der Waals surface area contributed by atoms with Crippen molar-refractivity contribution in [1.82, 2.24) is 14.5 Å². The molecular formula is C18H20ClF2N3O. The Bertz CT molecular complexity index is 739. The second-order valence-electron chi connectivity index (χ2n) is 6.49. The van der Waals surface area contributed by atoms with Crippen LogP contribution in [0.15, 0.2) is 36.7 Å². The summed E-state index contributed by atoms with van der Waals surface area (Å²) in [5, 5.41) is 0.622. The van der Waals surface area contributed by atoms with Crippen molar-refractivity contribution in [3.8, 4) is 0 Å². The van der Waals surface area contributed by atoms with Gasteiger partial charge in [0.15, 0.2) is 0 Å². The molecule has 0 spiro atoms. The molecule has 2 aromatic rings. The Balaban J connectivity index is 1.85. The third-order valence-corrected chi connectivity index (χ3v) is 5.20. The summed E-state index contributed by atoms with van der Waals surface area (Å²) in [5.74, 6) is 0.117. The summed E-state index contributed by atoms with van der Waals surface area (Å²) < 4.78 is 26.8. The highest BCUT2D eigenvalue weighted by molar-refractivity contribution is 6.30. The molecule has 1 aromatic heterocycles. The van der Waals surface area contributed by atoms with Crippen LogP contribution >= 0.6 is 11.6 Å². The van der Waals surface area contributed by atoms with Gasteiger partial charge in [-0.15, -0.1) is 0 Å². The van der Waals surface area contributed by atoms with Crippen molar-refractivity contribution in [2.45, 2.75) is 44.2 Å². The van der Waals surface area contributed by atoms with E-state index in [4.69, 9.17) is 11.6 Å². The van der Waals surface area contributed by atoms with Gasteiger partial charge >= 0.3 is 6.55 Å². The summed E-state index contributed by atoms with van der Waals surface area (Å²) in [6.07, 6.45) is 5.98. The minimum atomic E-state index is -2.67. The summed E-state index contributed by atoms with van der Waals surface area (Å²) in [4.78, 5) is 18.7. The molecule has 3 rings (SSSR count). The van der Waals surface area contributed by atoms with Crippen molar-refractivity contribution >= 4 is 17.5 Å². The number of carbonyl (C=O) groups is 1. The number of hydrogen-bond donors (Lipinski definition) is 0. The van der Waals surface area contributed by atoms with Gasteiger partial charge in [0.2, 0.25) is 5.91 Å². The number of likely N-dealkylation sites (N-methyl/N-ethyl adjacent to an activating group) is 1. The topological polar surface area (TPSA) is 38.1 Å². The van der Waals surface area contributed by atoms with Gasteiger partial charge in [-0.05, 0) is 30.5 Å². The predicted octanol–water partition coefficient (Wildman–Crippen LogP) is 4.40. The molecule has 0 aliphatic heterocycles. The average molecular weight is 368 g/mol. The Morgan fingerprint density at radius 3 is 2.56 bits per heavy atom. The molecule has 0 N–H and O–H groups in total. The lowest BCUT2D eigenvalue weighted by atomic mass is 9.77. The summed E-state index contributed by atoms with van der Waals surface area (Å²) in [6.45, 7) is -2.62. The number of halogens is 3. The first-order chi connectivity index (χ1) is 11.9. The van der Waals surface area contributed by atoms with E-state index in [1.807, 2.05) is 12.1 Å². The molecule has 4 nitrogen and oxygen atoms in total. The van der Waals surface area contributed by atoms with Gasteiger partial charge in [0.1, 0.15) is 5.82 Å². The predicted molar refractivity (Wildman–Crippen MR) is 91.6 cm³/mol. The lowest BCUT2D eigenvalue weighted by Crippen LogP contribution is -2.43. The van der Waals surface area contributed by atoms with Gasteiger partial charge in [-0.25, -0.2) is 4.98 Å². The number of nitrogens with zero attached hydrogens (tertiary/aromatic N) is 3. The number of benzene rings is 1. The molecule has 25 heavy (non-hydrogen) atoms. The summed E-state index contributed by atoms with van der Waals surface area (Å²) in [7, 11) is 1.64. The standard InChI is InChI=1S/C18H20ClF2N3O/c1-23(12-15-22-10-11-24(15)17(20)21)16(25)18(8-2-3-9-18)13-4-6-14(19)7-5-13/h4-7,10-11,17H,2-3,8-9,12H2,1H3. The van der Waals surface area contributed by atoms with Gasteiger partial charge < -0.3 is 4.90 Å². The molecular weight excluding hydrogens is 348 g/mol. The van der Waals surface area contributed by atoms with E-state index in [9.17, 15) is 13.6 Å². The fourth-order valence-corrected chi connectivity index (χ4v) is 3.79. The van der Waals surface area contributed by atoms with Crippen molar-refractivity contribution < 1.29 is 13.6 Å². The quantitative estimate of drug-likeness (QED) is 0.785. The minimum Gasteiger partial charge on any atom is -0.338 e. The molecule has 1 aromatic carbocycles. The third-order valence-electron chi connectivity index (χ3n) is 4.95. The van der Waals surface area contributed by atoms with E-state index in [2.05, 4.69) is 4.98 Å². The lowest BCUT2D eigenvalue weighted by molar-refractivity contribution is -0.136. The zero-order valence-electron chi connectivity index (χ0n) is 14.0. The van der Waals surface area contributed by atoms with Crippen LogP contribution < -0.4 is 0 Å². The van der Waals surface area contributed by atoms with Crippen molar-refractivity contribution in [3.05, 3.63) is 53.1 Å². The van der Waals surface area contributed by atoms with Crippen LogP contribution in [0.3, 0.4) is 0 Å². The molecule has 0 atom stereocenters. The molecule has 0 radical (unpaired) electrons. The number of carbonyl (C=O) groups excluding carboxylic acids is 1. The van der Waals surface area contributed by atoms with Crippen LogP contribution in [0.5, 0.6) is 0 Å². The van der Waals surface area contributed by atoms with E-state index < -0.39 is 12.0 Å². The summed E-state index contributed by atoms with van der Waals surface area (Å²) in [5.41, 5.74) is 0.324. The van der Waals surface area contributed by atoms with Crippen LogP contribution in [0.4, 0.5) is 8.78 Å². The SMILES string of the molecule is CN(Cc1nccn1C(F)F)C(=O)C1(c2ccc(Cl)cc2)CCCC1. The zero-order valence-corrected chi connectivity index (χ0v) is 14.7. The van der Waals surface area contributed by atoms with Crippen LogP contribution in [0.2, 0.25) is 5.02 Å². The van der Waals surface area contributed by atoms with Crippen molar-refractivity contribution in [2.75, 3.05) is 7.05 Å². The fourth-order valence-electron chi connectivity index (χ4n) is 3.67. The van der Waals surface area contributed by atoms with Gasteiger partial charge in [0.05, 0.1) is 12.0 Å². The number of aromatic nitrogens is 2. The molecule has 0 bridgehead atoms. The van der Waals surface area contributed by atoms with Gasteiger partial charge in [-0.1, -0.05) is 36.6 Å². The van der Waals surface area contributed by atoms with Gasteiger partial charge in [-0.2, -0.15) is 8.78 Å². The highest BCUT2D eigenvalue weighted by atomic mass is 35.5. The largest absolute Gasteiger partial charge is 0.338 e. The number of rotatable bonds is 5. The highest BCUT2D eigenvalue weighted by Crippen LogP contribution is 2.43. The van der Waals surface area contributed by atoms with E-state index in [1.165, 1.54) is 17.3 Å². The molecule has 1 saturated carbocycles. The van der Waals surface area contributed by atoms with Gasteiger partial charge in [0.25, 0.3) is 0 Å². The summed E-state index contributed by atoms with van der Waals surface area (Å²) in [6, 6.07) is 7.35. The van der Waals surface area contributed by atoms with Gasteiger partial charge in [-0.3, -0.25) is 9.36 Å². The van der Waals surface area contributed by atoms with Crippen LogP contribution in [-0.4, -0.2) is 27.4 Å². The van der Waals surface area contributed by atoms with Crippen LogP contribution in [0.1, 0.15) is 43.6 Å². The Labute approximate surface area is 150 Å². The Morgan fingerprint density at radius 1 is 1.32 bits per heavy atom. The smallest absolute Gasteiger partial charge is 0.319 e. The normalized spacial score (nSPS) is 16.4. The Morgan fingerprint density at radius 2 is 1.96 bits per heavy atom. The minimum absolute atomic E-state index is 0.0471. The zero-order chi connectivity index (χ0) is 18.0.